The maximum Gasteiger partial charge on any atom is 1.00 e. The van der Waals surface area contributed by atoms with Crippen LogP contribution < -0.4 is 59.1 Å². The molecule has 8 heteroatoms. The Labute approximate surface area is 187 Å². The van der Waals surface area contributed by atoms with Crippen LogP contribution >= 0.6 is 0 Å². The molecule has 0 heterocycles. The van der Waals surface area contributed by atoms with Crippen molar-refractivity contribution in [2.75, 3.05) is 13.2 Å². The average molecular weight is 368 g/mol. The number of rotatable bonds is 13. The van der Waals surface area contributed by atoms with Crippen molar-refractivity contribution in [2.24, 2.45) is 0 Å². The number of hydrogen-bond acceptors (Lipinski definition) is 5. The maximum absolute atomic E-state index is 8.52. The van der Waals surface area contributed by atoms with Crippen LogP contribution in [0.15, 0.2) is 12.7 Å². The molecule has 0 radical (unpaired) electrons. The molecule has 0 saturated heterocycles. The molecular formula is C15H30Na2O5S. The minimum atomic E-state index is -5.17. The molecule has 0 fully saturated rings. The van der Waals surface area contributed by atoms with E-state index >= 15 is 0 Å². The van der Waals surface area contributed by atoms with Gasteiger partial charge in [0.2, 0.25) is 0 Å². The second kappa shape index (κ2) is 25.8. The quantitative estimate of drug-likeness (QED) is 0.121. The fraction of sp³-hybridized carbons (Fsp3) is 0.867. The summed E-state index contributed by atoms with van der Waals surface area (Å²) in [6.07, 6.45) is 15.7. The van der Waals surface area contributed by atoms with Crippen molar-refractivity contribution in [3.05, 3.63) is 12.7 Å². The van der Waals surface area contributed by atoms with Gasteiger partial charge in [0.05, 0.1) is 6.61 Å². The normalized spacial score (nSPS) is 9.87. The monoisotopic (exact) mass is 368 g/mol. The molecule has 0 aromatic heterocycles. The van der Waals surface area contributed by atoms with Gasteiger partial charge in [-0.3, -0.25) is 8.42 Å². The fourth-order valence-corrected chi connectivity index (χ4v) is 1.86. The summed E-state index contributed by atoms with van der Waals surface area (Å²) in [5.41, 5.74) is 0. The molecule has 0 N–H and O–H groups in total. The van der Waals surface area contributed by atoms with Crippen molar-refractivity contribution in [2.45, 2.75) is 71.1 Å². The van der Waals surface area contributed by atoms with Gasteiger partial charge in [-0.1, -0.05) is 70.8 Å². The predicted octanol–water partition coefficient (Wildman–Crippen LogP) is -2.22. The van der Waals surface area contributed by atoms with E-state index in [-0.39, 0.29) is 59.1 Å². The molecule has 0 amide bonds. The molecule has 0 rings (SSSR count). The van der Waals surface area contributed by atoms with Gasteiger partial charge in [-0.15, -0.1) is 6.58 Å². The van der Waals surface area contributed by atoms with E-state index in [2.05, 4.69) is 13.5 Å². The van der Waals surface area contributed by atoms with Gasteiger partial charge in [-0.25, -0.2) is 0 Å². The molecule has 0 aliphatic carbocycles. The smallest absolute Gasteiger partial charge is 0.759 e. The molecule has 0 bridgehead atoms. The van der Waals surface area contributed by atoms with Gasteiger partial charge in [0.25, 0.3) is 0 Å². The third-order valence-electron chi connectivity index (χ3n) is 2.88. The standard InChI is InChI=1S/C15H30O.2Na.H2O4S/c1-3-5-6-7-8-9-10-11-12-13-15-16-14-4-2;;;1-5(2,3)4/h4H,2-3,5-15H2,1H3;;;(H2,1,2,3,4)/q;2*+1;/p-2. The Bertz CT molecular complexity index is 303. The molecule has 0 aromatic rings. The largest absolute Gasteiger partial charge is 1.00 e. The van der Waals surface area contributed by atoms with Gasteiger partial charge in [0.15, 0.2) is 0 Å². The van der Waals surface area contributed by atoms with Gasteiger partial charge in [0, 0.05) is 17.0 Å². The third kappa shape index (κ3) is 51.7. The summed E-state index contributed by atoms with van der Waals surface area (Å²) >= 11 is 0. The second-order valence-corrected chi connectivity index (χ2v) is 5.77. The van der Waals surface area contributed by atoms with Crippen LogP contribution in [-0.4, -0.2) is 30.7 Å². The van der Waals surface area contributed by atoms with Gasteiger partial charge < -0.3 is 13.8 Å². The zero-order valence-electron chi connectivity index (χ0n) is 15.2. The van der Waals surface area contributed by atoms with Crippen molar-refractivity contribution in [3.63, 3.8) is 0 Å². The van der Waals surface area contributed by atoms with Crippen LogP contribution in [0.5, 0.6) is 0 Å². The molecular weight excluding hydrogens is 338 g/mol. The molecule has 0 aliphatic rings. The van der Waals surface area contributed by atoms with Crippen molar-refractivity contribution < 1.29 is 81.4 Å². The Morgan fingerprint density at radius 3 is 1.57 bits per heavy atom. The molecule has 0 atom stereocenters. The van der Waals surface area contributed by atoms with Crippen LogP contribution in [-0.2, 0) is 15.1 Å². The Morgan fingerprint density at radius 1 is 0.870 bits per heavy atom. The summed E-state index contributed by atoms with van der Waals surface area (Å²) in [5.74, 6) is 0. The van der Waals surface area contributed by atoms with E-state index in [0.29, 0.717) is 6.61 Å². The first-order valence-electron chi connectivity index (χ1n) is 7.77. The van der Waals surface area contributed by atoms with Crippen LogP contribution in [0, 0.1) is 0 Å². The van der Waals surface area contributed by atoms with E-state index in [9.17, 15) is 0 Å². The predicted molar refractivity (Wildman–Crippen MR) is 83.3 cm³/mol. The summed E-state index contributed by atoms with van der Waals surface area (Å²) in [5, 5.41) is 0. The van der Waals surface area contributed by atoms with E-state index in [1.807, 2.05) is 6.08 Å². The van der Waals surface area contributed by atoms with Gasteiger partial charge in [-0.05, 0) is 6.42 Å². The zero-order valence-corrected chi connectivity index (χ0v) is 20.0. The van der Waals surface area contributed by atoms with Crippen LogP contribution in [0.25, 0.3) is 0 Å². The van der Waals surface area contributed by atoms with Crippen LogP contribution in [0.2, 0.25) is 0 Å². The van der Waals surface area contributed by atoms with Crippen molar-refractivity contribution in [1.29, 1.82) is 0 Å². The number of hydrogen-bond donors (Lipinski definition) is 0. The van der Waals surface area contributed by atoms with Gasteiger partial charge in [0.1, 0.15) is 0 Å². The van der Waals surface area contributed by atoms with Crippen LogP contribution in [0.3, 0.4) is 0 Å². The molecule has 128 valence electrons. The second-order valence-electron chi connectivity index (χ2n) is 4.95. The van der Waals surface area contributed by atoms with E-state index < -0.39 is 10.4 Å². The van der Waals surface area contributed by atoms with Crippen LogP contribution in [0.1, 0.15) is 71.1 Å². The van der Waals surface area contributed by atoms with Crippen molar-refractivity contribution in [3.8, 4) is 0 Å². The Balaban J connectivity index is -0.000000225. The van der Waals surface area contributed by atoms with Crippen molar-refractivity contribution in [1.82, 2.24) is 0 Å². The molecule has 0 unspecified atom stereocenters. The summed E-state index contributed by atoms with van der Waals surface area (Å²) in [6.45, 7) is 7.51. The van der Waals surface area contributed by atoms with Gasteiger partial charge >= 0.3 is 59.1 Å². The maximum atomic E-state index is 8.52. The number of unbranched alkanes of at least 4 members (excludes halogenated alkanes) is 9. The summed E-state index contributed by atoms with van der Waals surface area (Å²) < 4.78 is 39.4. The molecule has 0 saturated carbocycles. The van der Waals surface area contributed by atoms with Crippen molar-refractivity contribution >= 4 is 10.4 Å². The molecule has 5 nitrogen and oxygen atoms in total. The summed E-state index contributed by atoms with van der Waals surface area (Å²) in [6, 6.07) is 0. The van der Waals surface area contributed by atoms with Gasteiger partial charge in [-0.2, -0.15) is 0 Å². The van der Waals surface area contributed by atoms with E-state index in [1.54, 1.807) is 0 Å². The zero-order chi connectivity index (χ0) is 16.4. The Hall–Kier alpha value is 1.57. The first-order valence-corrected chi connectivity index (χ1v) is 9.10. The molecule has 0 aromatic carbocycles. The first-order chi connectivity index (χ1) is 9.91. The number of ether oxygens (including phenoxy) is 1. The third-order valence-corrected chi connectivity index (χ3v) is 2.88. The topological polar surface area (TPSA) is 89.5 Å². The minimum absolute atomic E-state index is 0. The summed E-state index contributed by atoms with van der Waals surface area (Å²) in [7, 11) is -5.17. The fourth-order valence-electron chi connectivity index (χ4n) is 1.86. The Morgan fingerprint density at radius 2 is 1.22 bits per heavy atom. The van der Waals surface area contributed by atoms with E-state index in [0.717, 1.165) is 6.61 Å². The van der Waals surface area contributed by atoms with Crippen LogP contribution in [0.4, 0.5) is 0 Å². The summed E-state index contributed by atoms with van der Waals surface area (Å²) in [4.78, 5) is 0. The SMILES string of the molecule is C=CCOCCCCCCCCCCCC.O=S(=O)([O-])[O-].[Na+].[Na+]. The van der Waals surface area contributed by atoms with E-state index in [1.165, 1.54) is 64.2 Å². The molecule has 23 heavy (non-hydrogen) atoms. The molecule has 0 aliphatic heterocycles. The molecule has 0 spiro atoms. The first kappa shape index (κ1) is 32.3. The Kier molecular flexibility index (Phi) is 36.2. The average Bonchev–Trinajstić information content (AvgIpc) is 2.38. The minimum Gasteiger partial charge on any atom is -0.759 e. The van der Waals surface area contributed by atoms with E-state index in [4.69, 9.17) is 22.3 Å².